The van der Waals surface area contributed by atoms with E-state index in [9.17, 15) is 4.39 Å². The van der Waals surface area contributed by atoms with Crippen LogP contribution in [-0.4, -0.2) is 10.2 Å². The summed E-state index contributed by atoms with van der Waals surface area (Å²) in [4.78, 5) is 0. The molecule has 3 aromatic rings. The molecule has 0 amide bonds. The minimum Gasteiger partial charge on any atom is -0.419 e. The van der Waals surface area contributed by atoms with Gasteiger partial charge in [0.1, 0.15) is 5.82 Å². The van der Waals surface area contributed by atoms with Gasteiger partial charge in [0.25, 0.3) is 0 Å². The first-order chi connectivity index (χ1) is 10.2. The smallest absolute Gasteiger partial charge is 0.247 e. The zero-order valence-electron chi connectivity index (χ0n) is 11.5. The zero-order valence-corrected chi connectivity index (χ0v) is 11.5. The van der Waals surface area contributed by atoms with Crippen LogP contribution in [-0.2, 0) is 6.54 Å². The monoisotopic (exact) mass is 283 g/mol. The van der Waals surface area contributed by atoms with Gasteiger partial charge >= 0.3 is 0 Å². The Bertz CT molecular complexity index is 720. The number of aryl methyl sites for hydroxylation is 1. The third kappa shape index (κ3) is 3.25. The van der Waals surface area contributed by atoms with Crippen molar-refractivity contribution in [3.63, 3.8) is 0 Å². The number of hydrogen-bond donors (Lipinski definition) is 1. The molecule has 0 aliphatic carbocycles. The highest BCUT2D eigenvalue weighted by atomic mass is 19.1. The van der Waals surface area contributed by atoms with Crippen molar-refractivity contribution in [1.82, 2.24) is 10.2 Å². The largest absolute Gasteiger partial charge is 0.419 e. The average Bonchev–Trinajstić information content (AvgIpc) is 2.96. The van der Waals surface area contributed by atoms with Crippen LogP contribution in [0.5, 0.6) is 0 Å². The van der Waals surface area contributed by atoms with Crippen LogP contribution < -0.4 is 5.32 Å². The maximum absolute atomic E-state index is 12.8. The lowest BCUT2D eigenvalue weighted by atomic mass is 10.1. The molecule has 0 aliphatic heterocycles. The van der Waals surface area contributed by atoms with Crippen LogP contribution in [0.25, 0.3) is 11.5 Å². The van der Waals surface area contributed by atoms with E-state index in [1.807, 2.05) is 31.2 Å². The second kappa shape index (κ2) is 5.75. The fraction of sp³-hybridized carbons (Fsp3) is 0.125. The highest BCUT2D eigenvalue weighted by Crippen LogP contribution is 2.18. The number of nitrogens with one attached hydrogen (secondary N) is 1. The Labute approximate surface area is 121 Å². The van der Waals surface area contributed by atoms with Gasteiger partial charge < -0.3 is 9.73 Å². The summed E-state index contributed by atoms with van der Waals surface area (Å²) in [5.74, 6) is 0.709. The molecule has 0 saturated carbocycles. The Morgan fingerprint density at radius 1 is 1.00 bits per heavy atom. The van der Waals surface area contributed by atoms with Crippen LogP contribution in [0.4, 0.5) is 10.1 Å². The number of hydrogen-bond acceptors (Lipinski definition) is 4. The topological polar surface area (TPSA) is 51.0 Å². The van der Waals surface area contributed by atoms with Crippen molar-refractivity contribution in [3.8, 4) is 11.5 Å². The molecule has 0 atom stereocenters. The predicted octanol–water partition coefficient (Wildman–Crippen LogP) is 3.80. The van der Waals surface area contributed by atoms with Crippen LogP contribution in [0.2, 0.25) is 0 Å². The molecule has 0 bridgehead atoms. The number of halogens is 1. The van der Waals surface area contributed by atoms with Gasteiger partial charge in [-0.15, -0.1) is 10.2 Å². The first-order valence-corrected chi connectivity index (χ1v) is 6.59. The summed E-state index contributed by atoms with van der Waals surface area (Å²) in [6.45, 7) is 2.42. The normalized spacial score (nSPS) is 10.6. The fourth-order valence-corrected chi connectivity index (χ4v) is 1.88. The molecule has 0 radical (unpaired) electrons. The summed E-state index contributed by atoms with van der Waals surface area (Å²) >= 11 is 0. The second-order valence-electron chi connectivity index (χ2n) is 4.73. The average molecular weight is 283 g/mol. The number of rotatable bonds is 4. The van der Waals surface area contributed by atoms with Crippen molar-refractivity contribution in [1.29, 1.82) is 0 Å². The van der Waals surface area contributed by atoms with Crippen molar-refractivity contribution in [2.24, 2.45) is 0 Å². The van der Waals surface area contributed by atoms with Gasteiger partial charge in [0.05, 0.1) is 6.54 Å². The molecular weight excluding hydrogens is 269 g/mol. The summed E-state index contributed by atoms with van der Waals surface area (Å²) in [5, 5.41) is 11.1. The Kier molecular flexibility index (Phi) is 3.64. The third-order valence-electron chi connectivity index (χ3n) is 3.05. The van der Waals surface area contributed by atoms with Gasteiger partial charge in [-0.2, -0.15) is 0 Å². The van der Waals surface area contributed by atoms with Gasteiger partial charge in [-0.1, -0.05) is 17.7 Å². The molecule has 5 heteroatoms. The lowest BCUT2D eigenvalue weighted by Gasteiger charge is -2.02. The Hall–Kier alpha value is -2.69. The second-order valence-corrected chi connectivity index (χ2v) is 4.73. The van der Waals surface area contributed by atoms with Gasteiger partial charge in [-0.3, -0.25) is 0 Å². The maximum Gasteiger partial charge on any atom is 0.247 e. The summed E-state index contributed by atoms with van der Waals surface area (Å²) < 4.78 is 18.4. The highest BCUT2D eigenvalue weighted by Gasteiger charge is 2.08. The SMILES string of the molecule is Cc1ccc(-c2nnc(CNc3ccc(F)cc3)o2)cc1. The molecular formula is C16H14FN3O. The molecule has 1 aromatic heterocycles. The fourth-order valence-electron chi connectivity index (χ4n) is 1.88. The lowest BCUT2D eigenvalue weighted by Crippen LogP contribution is -1.99. The molecule has 0 aliphatic rings. The van der Waals surface area contributed by atoms with Gasteiger partial charge in [0.2, 0.25) is 11.8 Å². The van der Waals surface area contributed by atoms with Crippen molar-refractivity contribution in [2.75, 3.05) is 5.32 Å². The van der Waals surface area contributed by atoms with E-state index in [1.54, 1.807) is 12.1 Å². The number of aromatic nitrogens is 2. The summed E-state index contributed by atoms with van der Waals surface area (Å²) in [6.07, 6.45) is 0. The standard InChI is InChI=1S/C16H14FN3O/c1-11-2-4-12(5-3-11)16-20-19-15(21-16)10-18-14-8-6-13(17)7-9-14/h2-9,18H,10H2,1H3. The summed E-state index contributed by atoms with van der Waals surface area (Å²) in [7, 11) is 0. The molecule has 4 nitrogen and oxygen atoms in total. The summed E-state index contributed by atoms with van der Waals surface area (Å²) in [5.41, 5.74) is 2.86. The summed E-state index contributed by atoms with van der Waals surface area (Å²) in [6, 6.07) is 14.0. The molecule has 3 rings (SSSR count). The van der Waals surface area contributed by atoms with Crippen LogP contribution in [0.15, 0.2) is 52.9 Å². The van der Waals surface area contributed by atoms with Crippen LogP contribution in [0.3, 0.4) is 0 Å². The minimum absolute atomic E-state index is 0.264. The maximum atomic E-state index is 12.8. The van der Waals surface area contributed by atoms with Crippen LogP contribution in [0, 0.1) is 12.7 Å². The molecule has 2 aromatic carbocycles. The van der Waals surface area contributed by atoms with E-state index in [0.717, 1.165) is 11.3 Å². The first kappa shape index (κ1) is 13.3. The van der Waals surface area contributed by atoms with Crippen molar-refractivity contribution < 1.29 is 8.81 Å². The molecule has 106 valence electrons. The van der Waals surface area contributed by atoms with Crippen molar-refractivity contribution >= 4 is 5.69 Å². The molecule has 0 saturated heterocycles. The Balaban J connectivity index is 1.67. The molecule has 1 N–H and O–H groups in total. The number of anilines is 1. The molecule has 1 heterocycles. The van der Waals surface area contributed by atoms with E-state index in [1.165, 1.54) is 17.7 Å². The van der Waals surface area contributed by atoms with E-state index in [0.29, 0.717) is 18.3 Å². The Morgan fingerprint density at radius 3 is 2.43 bits per heavy atom. The Morgan fingerprint density at radius 2 is 1.71 bits per heavy atom. The zero-order chi connectivity index (χ0) is 14.7. The van der Waals surface area contributed by atoms with Crippen LogP contribution >= 0.6 is 0 Å². The predicted molar refractivity (Wildman–Crippen MR) is 78.2 cm³/mol. The van der Waals surface area contributed by atoms with Crippen LogP contribution in [0.1, 0.15) is 11.5 Å². The number of nitrogens with zero attached hydrogens (tertiary/aromatic N) is 2. The number of benzene rings is 2. The quantitative estimate of drug-likeness (QED) is 0.791. The van der Waals surface area contributed by atoms with E-state index >= 15 is 0 Å². The molecule has 0 spiro atoms. The van der Waals surface area contributed by atoms with Gasteiger partial charge in [-0.25, -0.2) is 4.39 Å². The van der Waals surface area contributed by atoms with Gasteiger partial charge in [0, 0.05) is 11.3 Å². The highest BCUT2D eigenvalue weighted by molar-refractivity contribution is 5.53. The van der Waals surface area contributed by atoms with Crippen molar-refractivity contribution in [3.05, 3.63) is 65.8 Å². The minimum atomic E-state index is -0.264. The van der Waals surface area contributed by atoms with Gasteiger partial charge in [-0.05, 0) is 43.3 Å². The molecule has 0 fully saturated rings. The third-order valence-corrected chi connectivity index (χ3v) is 3.05. The van der Waals surface area contributed by atoms with Gasteiger partial charge in [0.15, 0.2) is 0 Å². The van der Waals surface area contributed by atoms with E-state index in [-0.39, 0.29) is 5.82 Å². The first-order valence-electron chi connectivity index (χ1n) is 6.59. The van der Waals surface area contributed by atoms with E-state index in [2.05, 4.69) is 15.5 Å². The molecule has 21 heavy (non-hydrogen) atoms. The molecule has 0 unspecified atom stereocenters. The van der Waals surface area contributed by atoms with E-state index in [4.69, 9.17) is 4.42 Å². The lowest BCUT2D eigenvalue weighted by molar-refractivity contribution is 0.515. The van der Waals surface area contributed by atoms with E-state index < -0.39 is 0 Å². The van der Waals surface area contributed by atoms with Crippen molar-refractivity contribution in [2.45, 2.75) is 13.5 Å².